The normalized spacial score (nSPS) is 8.08. The van der Waals surface area contributed by atoms with Crippen molar-refractivity contribution in [2.75, 3.05) is 0 Å². The average molecular weight is 188 g/mol. The standard InChI is InChI=1S/C4H3FN2.C2H2O4/c5-4-2-1-3-6-7-4;3-1(4)2(5)6/h1-3H;(H,3,4)(H,5,6). The second-order valence-corrected chi connectivity index (χ2v) is 1.66. The van der Waals surface area contributed by atoms with E-state index in [4.69, 9.17) is 19.8 Å². The van der Waals surface area contributed by atoms with Gasteiger partial charge < -0.3 is 10.2 Å². The highest BCUT2D eigenvalue weighted by molar-refractivity contribution is 6.27. The fourth-order valence-corrected chi connectivity index (χ4v) is 0.283. The van der Waals surface area contributed by atoms with Crippen molar-refractivity contribution < 1.29 is 24.2 Å². The van der Waals surface area contributed by atoms with Gasteiger partial charge in [-0.25, -0.2) is 9.59 Å². The summed E-state index contributed by atoms with van der Waals surface area (Å²) in [6, 6.07) is 2.73. The molecule has 0 aromatic carbocycles. The quantitative estimate of drug-likeness (QED) is 0.545. The number of nitrogens with zero attached hydrogens (tertiary/aromatic N) is 2. The number of carbonyl (C=O) groups is 2. The molecule has 0 saturated heterocycles. The van der Waals surface area contributed by atoms with Crippen LogP contribution in [-0.2, 0) is 9.59 Å². The Labute approximate surface area is 71.7 Å². The van der Waals surface area contributed by atoms with E-state index in [2.05, 4.69) is 10.2 Å². The third-order valence-corrected chi connectivity index (χ3v) is 0.723. The molecule has 0 atom stereocenters. The van der Waals surface area contributed by atoms with Gasteiger partial charge in [0.1, 0.15) is 0 Å². The van der Waals surface area contributed by atoms with Crippen LogP contribution in [0.2, 0.25) is 0 Å². The summed E-state index contributed by atoms with van der Waals surface area (Å²) in [5.41, 5.74) is 0. The molecular formula is C6H5FN2O4. The van der Waals surface area contributed by atoms with Crippen LogP contribution in [-0.4, -0.2) is 32.3 Å². The molecule has 0 radical (unpaired) electrons. The van der Waals surface area contributed by atoms with Crippen molar-refractivity contribution in [1.29, 1.82) is 0 Å². The maximum Gasteiger partial charge on any atom is 0.414 e. The first kappa shape index (κ1) is 11.0. The van der Waals surface area contributed by atoms with Crippen molar-refractivity contribution in [1.82, 2.24) is 10.2 Å². The largest absolute Gasteiger partial charge is 0.473 e. The predicted octanol–water partition coefficient (Wildman–Crippen LogP) is -0.229. The topological polar surface area (TPSA) is 100 Å². The molecule has 13 heavy (non-hydrogen) atoms. The van der Waals surface area contributed by atoms with Crippen LogP contribution in [0.1, 0.15) is 0 Å². The molecule has 0 spiro atoms. The number of carboxylic acid groups (broad SMARTS) is 2. The van der Waals surface area contributed by atoms with Gasteiger partial charge in [0.25, 0.3) is 0 Å². The number of hydrogen-bond donors (Lipinski definition) is 2. The monoisotopic (exact) mass is 188 g/mol. The highest BCUT2D eigenvalue weighted by Gasteiger charge is 2.04. The number of rotatable bonds is 0. The van der Waals surface area contributed by atoms with Gasteiger partial charge in [-0.3, -0.25) is 0 Å². The second kappa shape index (κ2) is 5.58. The molecule has 0 fully saturated rings. The van der Waals surface area contributed by atoms with Gasteiger partial charge in [0, 0.05) is 6.20 Å². The van der Waals surface area contributed by atoms with Crippen molar-refractivity contribution >= 4 is 11.9 Å². The van der Waals surface area contributed by atoms with Crippen LogP contribution in [0.15, 0.2) is 18.3 Å². The fraction of sp³-hybridized carbons (Fsp3) is 0. The van der Waals surface area contributed by atoms with Gasteiger partial charge >= 0.3 is 11.9 Å². The molecule has 0 bridgehead atoms. The highest BCUT2D eigenvalue weighted by atomic mass is 19.1. The van der Waals surface area contributed by atoms with Crippen LogP contribution in [0.5, 0.6) is 0 Å². The summed E-state index contributed by atoms with van der Waals surface area (Å²) in [7, 11) is 0. The molecule has 0 amide bonds. The van der Waals surface area contributed by atoms with Gasteiger partial charge in [0.15, 0.2) is 0 Å². The van der Waals surface area contributed by atoms with Gasteiger partial charge in [-0.15, -0.1) is 5.10 Å². The van der Waals surface area contributed by atoms with Crippen molar-refractivity contribution in [3.63, 3.8) is 0 Å². The van der Waals surface area contributed by atoms with Crippen molar-refractivity contribution in [3.8, 4) is 0 Å². The molecule has 0 aliphatic carbocycles. The van der Waals surface area contributed by atoms with Gasteiger partial charge in [-0.1, -0.05) is 0 Å². The number of aromatic nitrogens is 2. The molecule has 1 rings (SSSR count). The average Bonchev–Trinajstić information content (AvgIpc) is 2.06. The maximum atomic E-state index is 11.7. The molecule has 1 aromatic heterocycles. The minimum Gasteiger partial charge on any atom is -0.473 e. The smallest absolute Gasteiger partial charge is 0.414 e. The van der Waals surface area contributed by atoms with Crippen molar-refractivity contribution in [2.45, 2.75) is 0 Å². The lowest BCUT2D eigenvalue weighted by Crippen LogP contribution is -2.09. The minimum absolute atomic E-state index is 0.539. The van der Waals surface area contributed by atoms with E-state index in [-0.39, 0.29) is 0 Å². The molecule has 1 aromatic rings. The Kier molecular flexibility index (Phi) is 4.70. The van der Waals surface area contributed by atoms with E-state index in [1.54, 1.807) is 0 Å². The zero-order valence-corrected chi connectivity index (χ0v) is 6.22. The summed E-state index contributed by atoms with van der Waals surface area (Å²) < 4.78 is 11.7. The van der Waals surface area contributed by atoms with Crippen molar-refractivity contribution in [3.05, 3.63) is 24.3 Å². The molecule has 7 heteroatoms. The zero-order valence-electron chi connectivity index (χ0n) is 6.22. The van der Waals surface area contributed by atoms with Crippen LogP contribution < -0.4 is 0 Å². The van der Waals surface area contributed by atoms with E-state index in [0.717, 1.165) is 0 Å². The molecule has 0 saturated carbocycles. The number of carboxylic acids is 2. The number of halogens is 1. The molecule has 0 aliphatic heterocycles. The maximum absolute atomic E-state index is 11.7. The van der Waals surface area contributed by atoms with Crippen LogP contribution in [0, 0.1) is 5.95 Å². The summed E-state index contributed by atoms with van der Waals surface area (Å²) in [6.45, 7) is 0. The lowest BCUT2D eigenvalue weighted by atomic mass is 10.6. The van der Waals surface area contributed by atoms with Gasteiger partial charge in [-0.2, -0.15) is 9.49 Å². The summed E-state index contributed by atoms with van der Waals surface area (Å²) >= 11 is 0. The Balaban J connectivity index is 0.000000226. The van der Waals surface area contributed by atoms with Gasteiger partial charge in [0.05, 0.1) is 0 Å². The van der Waals surface area contributed by atoms with Gasteiger partial charge in [0.2, 0.25) is 5.95 Å². The third kappa shape index (κ3) is 6.35. The van der Waals surface area contributed by atoms with Crippen LogP contribution >= 0.6 is 0 Å². The van der Waals surface area contributed by atoms with Gasteiger partial charge in [-0.05, 0) is 12.1 Å². The van der Waals surface area contributed by atoms with E-state index in [9.17, 15) is 4.39 Å². The van der Waals surface area contributed by atoms with Crippen LogP contribution in [0.3, 0.4) is 0 Å². The summed E-state index contributed by atoms with van der Waals surface area (Å²) in [5.74, 6) is -4.19. The molecule has 0 aliphatic rings. The second-order valence-electron chi connectivity index (χ2n) is 1.66. The Morgan fingerprint density at radius 1 is 1.31 bits per heavy atom. The minimum atomic E-state index is -1.82. The third-order valence-electron chi connectivity index (χ3n) is 0.723. The highest BCUT2D eigenvalue weighted by Crippen LogP contribution is 1.82. The van der Waals surface area contributed by atoms with Crippen molar-refractivity contribution in [2.24, 2.45) is 0 Å². The summed E-state index contributed by atoms with van der Waals surface area (Å²) in [5, 5.41) is 21.1. The SMILES string of the molecule is Fc1cccnn1.O=C(O)C(=O)O. The fourth-order valence-electron chi connectivity index (χ4n) is 0.283. The predicted molar refractivity (Wildman–Crippen MR) is 37.3 cm³/mol. The van der Waals surface area contributed by atoms with Crippen LogP contribution in [0.25, 0.3) is 0 Å². The summed E-state index contributed by atoms with van der Waals surface area (Å²) in [6.07, 6.45) is 1.42. The number of hydrogen-bond acceptors (Lipinski definition) is 4. The molecular weight excluding hydrogens is 183 g/mol. The first-order chi connectivity index (χ1) is 6.04. The van der Waals surface area contributed by atoms with E-state index < -0.39 is 17.9 Å². The molecule has 70 valence electrons. The van der Waals surface area contributed by atoms with E-state index in [1.807, 2.05) is 0 Å². The number of aliphatic carboxylic acids is 2. The lowest BCUT2D eigenvalue weighted by Gasteiger charge is -1.76. The molecule has 0 unspecified atom stereocenters. The first-order valence-electron chi connectivity index (χ1n) is 2.93. The Morgan fingerprint density at radius 2 is 1.85 bits per heavy atom. The van der Waals surface area contributed by atoms with E-state index in [1.165, 1.54) is 18.3 Å². The Hall–Kier alpha value is -2.05. The molecule has 2 N–H and O–H groups in total. The Bertz CT molecular complexity index is 278. The Morgan fingerprint density at radius 3 is 2.00 bits per heavy atom. The molecule has 6 nitrogen and oxygen atoms in total. The molecule has 1 heterocycles. The summed E-state index contributed by atoms with van der Waals surface area (Å²) in [4.78, 5) is 18.2. The van der Waals surface area contributed by atoms with E-state index >= 15 is 0 Å². The first-order valence-corrected chi connectivity index (χ1v) is 2.93. The lowest BCUT2D eigenvalue weighted by molar-refractivity contribution is -0.159. The zero-order chi connectivity index (χ0) is 10.3. The van der Waals surface area contributed by atoms with E-state index in [0.29, 0.717) is 0 Å². The van der Waals surface area contributed by atoms with Crippen LogP contribution in [0.4, 0.5) is 4.39 Å².